The number of aryl methyl sites for hydroxylation is 1. The fourth-order valence-electron chi connectivity index (χ4n) is 2.57. The molecule has 2 heterocycles. The normalized spacial score (nSPS) is 10.6. The minimum Gasteiger partial charge on any atom is -0.497 e. The smallest absolute Gasteiger partial charge is 0.342 e. The van der Waals surface area contributed by atoms with Crippen molar-refractivity contribution in [3.63, 3.8) is 0 Å². The first-order valence-corrected chi connectivity index (χ1v) is 7.90. The number of benzene rings is 1. The molecule has 0 N–H and O–H groups in total. The number of hydrogen-bond donors (Lipinski definition) is 0. The number of ether oxygens (including phenoxy) is 3. The number of hydrogen-bond acceptors (Lipinski definition) is 6. The van der Waals surface area contributed by atoms with Crippen molar-refractivity contribution in [3.8, 4) is 11.5 Å². The largest absolute Gasteiger partial charge is 0.497 e. The van der Waals surface area contributed by atoms with Crippen molar-refractivity contribution in [1.29, 1.82) is 0 Å². The molecular weight excluding hydrogens is 336 g/mol. The Morgan fingerprint density at radius 3 is 2.69 bits per heavy atom. The van der Waals surface area contributed by atoms with Crippen LogP contribution in [0.1, 0.15) is 21.6 Å². The van der Waals surface area contributed by atoms with E-state index in [1.54, 1.807) is 30.5 Å². The predicted molar refractivity (Wildman–Crippen MR) is 94.9 cm³/mol. The van der Waals surface area contributed by atoms with Gasteiger partial charge in [-0.15, -0.1) is 0 Å². The molecule has 0 radical (unpaired) electrons. The summed E-state index contributed by atoms with van der Waals surface area (Å²) in [6, 6.07) is 9.79. The lowest BCUT2D eigenvalue weighted by atomic mass is 10.2. The number of carbonyl (C=O) groups excluding carboxylic acids is 1. The summed E-state index contributed by atoms with van der Waals surface area (Å²) in [6.07, 6.45) is 1.65. The van der Waals surface area contributed by atoms with Crippen LogP contribution in [0.4, 0.5) is 0 Å². The Balaban J connectivity index is 1.83. The molecule has 1 aromatic carbocycles. The molecule has 0 saturated carbocycles. The zero-order valence-corrected chi connectivity index (χ0v) is 14.7. The number of aromatic nitrogens is 2. The second-order valence-electron chi connectivity index (χ2n) is 5.61. The molecule has 134 valence electrons. The van der Waals surface area contributed by atoms with Crippen molar-refractivity contribution < 1.29 is 19.0 Å². The van der Waals surface area contributed by atoms with Crippen LogP contribution in [0.25, 0.3) is 5.65 Å². The van der Waals surface area contributed by atoms with Crippen LogP contribution in [-0.4, -0.2) is 29.6 Å². The Hall–Kier alpha value is -3.35. The molecular formula is C19H18N2O5. The van der Waals surface area contributed by atoms with E-state index in [2.05, 4.69) is 4.98 Å². The highest BCUT2D eigenvalue weighted by atomic mass is 16.5. The predicted octanol–water partition coefficient (Wildman–Crippen LogP) is 2.38. The summed E-state index contributed by atoms with van der Waals surface area (Å²) >= 11 is 0. The van der Waals surface area contributed by atoms with Crippen LogP contribution in [0.2, 0.25) is 0 Å². The van der Waals surface area contributed by atoms with Crippen LogP contribution in [0, 0.1) is 6.92 Å². The lowest BCUT2D eigenvalue weighted by Crippen LogP contribution is -2.17. The van der Waals surface area contributed by atoms with E-state index in [0.29, 0.717) is 22.8 Å². The zero-order chi connectivity index (χ0) is 18.7. The van der Waals surface area contributed by atoms with Gasteiger partial charge in [0.15, 0.2) is 0 Å². The summed E-state index contributed by atoms with van der Waals surface area (Å²) in [5.74, 6) is 0.339. The molecule has 0 amide bonds. The molecule has 0 aliphatic rings. The molecule has 7 heteroatoms. The molecule has 0 aliphatic heterocycles. The topological polar surface area (TPSA) is 79.1 Å². The Kier molecular flexibility index (Phi) is 4.88. The zero-order valence-electron chi connectivity index (χ0n) is 14.7. The molecule has 3 rings (SSSR count). The van der Waals surface area contributed by atoms with Gasteiger partial charge in [-0.3, -0.25) is 9.20 Å². The fourth-order valence-corrected chi connectivity index (χ4v) is 2.57. The van der Waals surface area contributed by atoms with Gasteiger partial charge in [-0.25, -0.2) is 9.78 Å². The summed E-state index contributed by atoms with van der Waals surface area (Å²) in [5.41, 5.74) is 1.81. The van der Waals surface area contributed by atoms with E-state index >= 15 is 0 Å². The average molecular weight is 354 g/mol. The Morgan fingerprint density at radius 2 is 1.96 bits per heavy atom. The van der Waals surface area contributed by atoms with Crippen molar-refractivity contribution >= 4 is 11.6 Å². The van der Waals surface area contributed by atoms with Crippen molar-refractivity contribution in [2.75, 3.05) is 14.2 Å². The third-order valence-electron chi connectivity index (χ3n) is 3.92. The van der Waals surface area contributed by atoms with Crippen LogP contribution in [0.15, 0.2) is 47.4 Å². The molecule has 2 aromatic heterocycles. The molecule has 0 aliphatic carbocycles. The maximum absolute atomic E-state index is 12.4. The second kappa shape index (κ2) is 7.26. The molecule has 0 atom stereocenters. The Bertz CT molecular complexity index is 1030. The fraction of sp³-hybridized carbons (Fsp3) is 0.211. The summed E-state index contributed by atoms with van der Waals surface area (Å²) in [6.45, 7) is 1.74. The van der Waals surface area contributed by atoms with Gasteiger partial charge in [0.05, 0.1) is 19.9 Å². The highest BCUT2D eigenvalue weighted by Gasteiger charge is 2.15. The van der Waals surface area contributed by atoms with Crippen LogP contribution < -0.4 is 15.0 Å². The van der Waals surface area contributed by atoms with Gasteiger partial charge in [0, 0.05) is 18.3 Å². The minimum absolute atomic E-state index is 0.117. The van der Waals surface area contributed by atoms with Gasteiger partial charge in [0.2, 0.25) is 0 Å². The first kappa shape index (κ1) is 17.5. The van der Waals surface area contributed by atoms with Crippen molar-refractivity contribution in [2.24, 2.45) is 0 Å². The SMILES string of the molecule is COc1ccc(C(=O)OCc2cc(=O)n3cccc(C)c3n2)c(OC)c1. The number of carbonyl (C=O) groups is 1. The van der Waals surface area contributed by atoms with Crippen LogP contribution in [-0.2, 0) is 11.3 Å². The summed E-state index contributed by atoms with van der Waals surface area (Å²) in [4.78, 5) is 29.0. The number of pyridine rings is 1. The van der Waals surface area contributed by atoms with E-state index in [-0.39, 0.29) is 17.7 Å². The maximum Gasteiger partial charge on any atom is 0.342 e. The Labute approximate surface area is 149 Å². The number of esters is 1. The van der Waals surface area contributed by atoms with E-state index in [4.69, 9.17) is 14.2 Å². The summed E-state index contributed by atoms with van der Waals surface area (Å²) < 4.78 is 17.1. The number of fused-ring (bicyclic) bond motifs is 1. The van der Waals surface area contributed by atoms with Gasteiger partial charge in [-0.2, -0.15) is 0 Å². The lowest BCUT2D eigenvalue weighted by Gasteiger charge is -2.10. The first-order chi connectivity index (χ1) is 12.5. The number of rotatable bonds is 5. The van der Waals surface area contributed by atoms with Gasteiger partial charge < -0.3 is 14.2 Å². The van der Waals surface area contributed by atoms with E-state index in [1.165, 1.54) is 24.7 Å². The van der Waals surface area contributed by atoms with E-state index in [9.17, 15) is 9.59 Å². The van der Waals surface area contributed by atoms with Gasteiger partial charge in [0.1, 0.15) is 29.3 Å². The molecule has 0 fully saturated rings. The van der Waals surface area contributed by atoms with E-state index in [0.717, 1.165) is 5.56 Å². The molecule has 0 spiro atoms. The third kappa shape index (κ3) is 3.37. The minimum atomic E-state index is -0.573. The number of methoxy groups -OCH3 is 2. The van der Waals surface area contributed by atoms with Crippen LogP contribution in [0.5, 0.6) is 11.5 Å². The van der Waals surface area contributed by atoms with Gasteiger partial charge in [-0.1, -0.05) is 6.07 Å². The molecule has 0 unspecified atom stereocenters. The molecule has 26 heavy (non-hydrogen) atoms. The average Bonchev–Trinajstić information content (AvgIpc) is 2.66. The summed E-state index contributed by atoms with van der Waals surface area (Å²) in [5, 5.41) is 0. The van der Waals surface area contributed by atoms with Gasteiger partial charge >= 0.3 is 5.97 Å². The van der Waals surface area contributed by atoms with Crippen LogP contribution in [0.3, 0.4) is 0 Å². The highest BCUT2D eigenvalue weighted by molar-refractivity contribution is 5.92. The third-order valence-corrected chi connectivity index (χ3v) is 3.92. The van der Waals surface area contributed by atoms with Crippen molar-refractivity contribution in [1.82, 2.24) is 9.38 Å². The molecule has 0 saturated heterocycles. The first-order valence-electron chi connectivity index (χ1n) is 7.90. The maximum atomic E-state index is 12.4. The van der Waals surface area contributed by atoms with E-state index < -0.39 is 5.97 Å². The van der Waals surface area contributed by atoms with Crippen LogP contribution >= 0.6 is 0 Å². The number of nitrogens with zero attached hydrogens (tertiary/aromatic N) is 2. The summed E-state index contributed by atoms with van der Waals surface area (Å²) in [7, 11) is 2.98. The molecule has 7 nitrogen and oxygen atoms in total. The quantitative estimate of drug-likeness (QED) is 0.655. The highest BCUT2D eigenvalue weighted by Crippen LogP contribution is 2.25. The van der Waals surface area contributed by atoms with Gasteiger partial charge in [-0.05, 0) is 30.7 Å². The second-order valence-corrected chi connectivity index (χ2v) is 5.61. The molecule has 3 aromatic rings. The molecule has 0 bridgehead atoms. The lowest BCUT2D eigenvalue weighted by molar-refractivity contribution is 0.0464. The Morgan fingerprint density at radius 1 is 1.15 bits per heavy atom. The van der Waals surface area contributed by atoms with Crippen molar-refractivity contribution in [3.05, 3.63) is 69.8 Å². The van der Waals surface area contributed by atoms with Crippen molar-refractivity contribution in [2.45, 2.75) is 13.5 Å². The van der Waals surface area contributed by atoms with E-state index in [1.807, 2.05) is 13.0 Å². The van der Waals surface area contributed by atoms with Gasteiger partial charge in [0.25, 0.3) is 5.56 Å². The standard InChI is InChI=1S/C19H18N2O5/c1-12-5-4-8-21-17(22)9-13(20-18(12)21)11-26-19(23)15-7-6-14(24-2)10-16(15)25-3/h4-10H,11H2,1-3H3. The monoisotopic (exact) mass is 354 g/mol.